The van der Waals surface area contributed by atoms with Crippen molar-refractivity contribution in [1.29, 1.82) is 0 Å². The molecule has 0 aliphatic heterocycles. The van der Waals surface area contributed by atoms with E-state index in [1.165, 1.54) is 0 Å². The highest BCUT2D eigenvalue weighted by atomic mass is 16.5. The molecule has 1 aromatic rings. The third-order valence-corrected chi connectivity index (χ3v) is 3.17. The van der Waals surface area contributed by atoms with Gasteiger partial charge in [0.25, 0.3) is 5.91 Å². The van der Waals surface area contributed by atoms with E-state index in [1.54, 1.807) is 0 Å². The molecule has 0 aromatic heterocycles. The van der Waals surface area contributed by atoms with Crippen LogP contribution in [0.1, 0.15) is 32.1 Å². The molecule has 0 heterocycles. The molecule has 1 aliphatic carbocycles. The van der Waals surface area contributed by atoms with Gasteiger partial charge in [0, 0.05) is 0 Å². The van der Waals surface area contributed by atoms with E-state index in [1.807, 2.05) is 30.3 Å². The Morgan fingerprint density at radius 1 is 1.12 bits per heavy atom. The van der Waals surface area contributed by atoms with E-state index in [9.17, 15) is 4.79 Å². The minimum Gasteiger partial charge on any atom is -0.477 e. The van der Waals surface area contributed by atoms with Crippen LogP contribution in [0, 0.1) is 0 Å². The second kappa shape index (κ2) is 4.56. The lowest BCUT2D eigenvalue weighted by Crippen LogP contribution is -2.50. The molecule has 0 radical (unpaired) electrons. The summed E-state index contributed by atoms with van der Waals surface area (Å²) in [7, 11) is 0. The Kier molecular flexibility index (Phi) is 3.13. The molecule has 0 atom stereocenters. The number of amides is 1. The summed E-state index contributed by atoms with van der Waals surface area (Å²) >= 11 is 0. The third kappa shape index (κ3) is 2.18. The van der Waals surface area contributed by atoms with Gasteiger partial charge in [-0.25, -0.2) is 0 Å². The van der Waals surface area contributed by atoms with E-state index >= 15 is 0 Å². The zero-order chi connectivity index (χ0) is 11.4. The molecular formula is C13H17NO2. The summed E-state index contributed by atoms with van der Waals surface area (Å²) in [4.78, 5) is 11.6. The second-order valence-electron chi connectivity index (χ2n) is 4.33. The highest BCUT2D eigenvalue weighted by molar-refractivity contribution is 5.84. The quantitative estimate of drug-likeness (QED) is 0.847. The first-order valence-electron chi connectivity index (χ1n) is 5.77. The Hall–Kier alpha value is -1.51. The van der Waals surface area contributed by atoms with Crippen LogP contribution >= 0.6 is 0 Å². The number of rotatable bonds is 3. The highest BCUT2D eigenvalue weighted by Gasteiger charge is 2.40. The van der Waals surface area contributed by atoms with Crippen molar-refractivity contribution in [3.8, 4) is 5.75 Å². The van der Waals surface area contributed by atoms with E-state index in [4.69, 9.17) is 10.5 Å². The zero-order valence-electron chi connectivity index (χ0n) is 9.32. The Morgan fingerprint density at radius 3 is 2.31 bits per heavy atom. The van der Waals surface area contributed by atoms with Gasteiger partial charge in [0.2, 0.25) is 0 Å². The molecule has 0 spiro atoms. The van der Waals surface area contributed by atoms with Gasteiger partial charge >= 0.3 is 0 Å². The minimum atomic E-state index is -0.778. The SMILES string of the molecule is NC(=O)C1(Oc2ccccc2)CCCCC1. The monoisotopic (exact) mass is 219 g/mol. The number of carbonyl (C=O) groups excluding carboxylic acids is 1. The van der Waals surface area contributed by atoms with Gasteiger partial charge in [0.05, 0.1) is 0 Å². The van der Waals surface area contributed by atoms with Gasteiger partial charge < -0.3 is 10.5 Å². The van der Waals surface area contributed by atoms with Crippen molar-refractivity contribution in [2.45, 2.75) is 37.7 Å². The molecule has 0 bridgehead atoms. The fraction of sp³-hybridized carbons (Fsp3) is 0.462. The molecule has 0 unspecified atom stereocenters. The molecule has 2 N–H and O–H groups in total. The number of benzene rings is 1. The smallest absolute Gasteiger partial charge is 0.261 e. The maximum Gasteiger partial charge on any atom is 0.261 e. The molecule has 16 heavy (non-hydrogen) atoms. The van der Waals surface area contributed by atoms with Crippen molar-refractivity contribution >= 4 is 5.91 Å². The molecule has 1 aromatic carbocycles. The first-order chi connectivity index (χ1) is 7.73. The number of carbonyl (C=O) groups is 1. The number of hydrogen-bond acceptors (Lipinski definition) is 2. The third-order valence-electron chi connectivity index (χ3n) is 3.17. The summed E-state index contributed by atoms with van der Waals surface area (Å²) < 4.78 is 5.83. The van der Waals surface area contributed by atoms with Crippen molar-refractivity contribution in [3.05, 3.63) is 30.3 Å². The van der Waals surface area contributed by atoms with E-state index in [2.05, 4.69) is 0 Å². The Bertz CT molecular complexity index is 355. The van der Waals surface area contributed by atoms with Crippen LogP contribution in [0.15, 0.2) is 30.3 Å². The standard InChI is InChI=1S/C13H17NO2/c14-12(15)13(9-5-2-6-10-13)16-11-7-3-1-4-8-11/h1,3-4,7-8H,2,5-6,9-10H2,(H2,14,15). The average Bonchev–Trinajstić information content (AvgIpc) is 2.31. The van der Waals surface area contributed by atoms with Crippen LogP contribution in [0.4, 0.5) is 0 Å². The largest absolute Gasteiger partial charge is 0.477 e. The van der Waals surface area contributed by atoms with Gasteiger partial charge in [-0.1, -0.05) is 24.6 Å². The van der Waals surface area contributed by atoms with E-state index < -0.39 is 5.60 Å². The molecular weight excluding hydrogens is 202 g/mol. The van der Waals surface area contributed by atoms with Gasteiger partial charge in [-0.05, 0) is 37.8 Å². The van der Waals surface area contributed by atoms with Crippen LogP contribution in [-0.2, 0) is 4.79 Å². The summed E-state index contributed by atoms with van der Waals surface area (Å²) in [5, 5.41) is 0. The number of ether oxygens (including phenoxy) is 1. The first-order valence-corrected chi connectivity index (χ1v) is 5.77. The highest BCUT2D eigenvalue weighted by Crippen LogP contribution is 2.32. The van der Waals surface area contributed by atoms with Gasteiger partial charge in [-0.2, -0.15) is 0 Å². The summed E-state index contributed by atoms with van der Waals surface area (Å²) in [5.74, 6) is 0.388. The van der Waals surface area contributed by atoms with Crippen LogP contribution in [0.3, 0.4) is 0 Å². The summed E-state index contributed by atoms with van der Waals surface area (Å²) in [6.45, 7) is 0. The lowest BCUT2D eigenvalue weighted by molar-refractivity contribution is -0.136. The number of primary amides is 1. The molecule has 2 rings (SSSR count). The number of nitrogens with two attached hydrogens (primary N) is 1. The van der Waals surface area contributed by atoms with Crippen LogP contribution in [-0.4, -0.2) is 11.5 Å². The Labute approximate surface area is 95.6 Å². The summed E-state index contributed by atoms with van der Waals surface area (Å²) in [5.41, 5.74) is 4.71. The molecule has 86 valence electrons. The van der Waals surface area contributed by atoms with Gasteiger partial charge in [0.15, 0.2) is 5.60 Å². The summed E-state index contributed by atoms with van der Waals surface area (Å²) in [6, 6.07) is 9.43. The molecule has 1 amide bonds. The Morgan fingerprint density at radius 2 is 1.75 bits per heavy atom. The first kappa shape index (κ1) is 11.0. The zero-order valence-corrected chi connectivity index (χ0v) is 9.32. The molecule has 3 nitrogen and oxygen atoms in total. The molecule has 1 aliphatic rings. The normalized spacial score (nSPS) is 19.0. The lowest BCUT2D eigenvalue weighted by Gasteiger charge is -2.34. The number of hydrogen-bond donors (Lipinski definition) is 1. The molecule has 1 fully saturated rings. The average molecular weight is 219 g/mol. The second-order valence-corrected chi connectivity index (χ2v) is 4.33. The van der Waals surface area contributed by atoms with Gasteiger partial charge in [-0.15, -0.1) is 0 Å². The predicted octanol–water partition coefficient (Wildman–Crippen LogP) is 2.25. The molecule has 3 heteroatoms. The van der Waals surface area contributed by atoms with Gasteiger partial charge in [0.1, 0.15) is 5.75 Å². The van der Waals surface area contributed by atoms with Crippen molar-refractivity contribution in [3.63, 3.8) is 0 Å². The lowest BCUT2D eigenvalue weighted by atomic mass is 9.84. The fourth-order valence-corrected chi connectivity index (χ4v) is 2.24. The van der Waals surface area contributed by atoms with Crippen molar-refractivity contribution in [1.82, 2.24) is 0 Å². The molecule has 1 saturated carbocycles. The number of para-hydroxylation sites is 1. The fourth-order valence-electron chi connectivity index (χ4n) is 2.24. The van der Waals surface area contributed by atoms with Crippen molar-refractivity contribution < 1.29 is 9.53 Å². The maximum absolute atomic E-state index is 11.6. The van der Waals surface area contributed by atoms with Crippen LogP contribution in [0.5, 0.6) is 5.75 Å². The molecule has 0 saturated heterocycles. The summed E-state index contributed by atoms with van der Waals surface area (Å²) in [6.07, 6.45) is 4.65. The van der Waals surface area contributed by atoms with Crippen LogP contribution < -0.4 is 10.5 Å². The van der Waals surface area contributed by atoms with Gasteiger partial charge in [-0.3, -0.25) is 4.79 Å². The van der Waals surface area contributed by atoms with E-state index in [-0.39, 0.29) is 5.91 Å². The van der Waals surface area contributed by atoms with E-state index in [0.29, 0.717) is 0 Å². The topological polar surface area (TPSA) is 52.3 Å². The van der Waals surface area contributed by atoms with Crippen molar-refractivity contribution in [2.75, 3.05) is 0 Å². The predicted molar refractivity (Wildman–Crippen MR) is 62.1 cm³/mol. The van der Waals surface area contributed by atoms with E-state index in [0.717, 1.165) is 37.9 Å². The van der Waals surface area contributed by atoms with Crippen LogP contribution in [0.2, 0.25) is 0 Å². The Balaban J connectivity index is 2.17. The van der Waals surface area contributed by atoms with Crippen molar-refractivity contribution in [2.24, 2.45) is 5.73 Å². The maximum atomic E-state index is 11.6. The minimum absolute atomic E-state index is 0.337. The van der Waals surface area contributed by atoms with Crippen LogP contribution in [0.25, 0.3) is 0 Å².